The summed E-state index contributed by atoms with van der Waals surface area (Å²) in [4.78, 5) is 32.3. The minimum Gasteiger partial charge on any atom is -0.461 e. The molecular formula is C12H10F3N3O5. The molecule has 0 aliphatic rings. The molecule has 0 spiro atoms. The number of hydrogen-bond acceptors (Lipinski definition) is 7. The van der Waals surface area contributed by atoms with E-state index in [1.54, 1.807) is 0 Å². The maximum atomic E-state index is 12.4. The first-order valence-corrected chi connectivity index (χ1v) is 6.03. The Kier molecular flexibility index (Phi) is 5.76. The lowest BCUT2D eigenvalue weighted by Crippen LogP contribution is -2.37. The maximum Gasteiger partial charge on any atom is 0.456 e. The van der Waals surface area contributed by atoms with Gasteiger partial charge in [-0.2, -0.15) is 18.3 Å². The molecule has 1 rings (SSSR count). The Balaban J connectivity index is 3.02. The van der Waals surface area contributed by atoms with Crippen molar-refractivity contribution >= 4 is 28.8 Å². The molecule has 0 saturated carbocycles. The second-order valence-electron chi connectivity index (χ2n) is 3.92. The molecule has 1 aromatic carbocycles. The van der Waals surface area contributed by atoms with E-state index in [0.717, 1.165) is 24.3 Å². The predicted molar refractivity (Wildman–Crippen MR) is 71.8 cm³/mol. The molecule has 8 nitrogen and oxygen atoms in total. The molecule has 0 unspecified atom stereocenters. The molecule has 0 amide bonds. The van der Waals surface area contributed by atoms with E-state index in [1.807, 2.05) is 5.43 Å². The van der Waals surface area contributed by atoms with Crippen molar-refractivity contribution in [1.82, 2.24) is 0 Å². The van der Waals surface area contributed by atoms with Crippen molar-refractivity contribution in [3.63, 3.8) is 0 Å². The largest absolute Gasteiger partial charge is 0.461 e. The summed E-state index contributed by atoms with van der Waals surface area (Å²) < 4.78 is 41.6. The first-order chi connectivity index (χ1) is 10.7. The van der Waals surface area contributed by atoms with Gasteiger partial charge in [0.2, 0.25) is 5.71 Å². The van der Waals surface area contributed by atoms with Crippen molar-refractivity contribution in [2.75, 3.05) is 12.0 Å². The summed E-state index contributed by atoms with van der Waals surface area (Å²) in [7, 11) is 0. The van der Waals surface area contributed by atoms with Gasteiger partial charge in [-0.25, -0.2) is 4.79 Å². The zero-order valence-electron chi connectivity index (χ0n) is 11.6. The van der Waals surface area contributed by atoms with Crippen molar-refractivity contribution in [3.8, 4) is 0 Å². The SMILES string of the molecule is CCOC(=O)C(=NNc1ccc([N+](=O)[O-])cc1)C(=O)C(F)(F)F. The van der Waals surface area contributed by atoms with Crippen molar-refractivity contribution in [2.45, 2.75) is 13.1 Å². The average molecular weight is 333 g/mol. The van der Waals surface area contributed by atoms with Gasteiger partial charge in [-0.3, -0.25) is 20.3 Å². The number of anilines is 1. The van der Waals surface area contributed by atoms with Gasteiger partial charge in [0.1, 0.15) is 0 Å². The van der Waals surface area contributed by atoms with Gasteiger partial charge in [0.05, 0.1) is 17.2 Å². The van der Waals surface area contributed by atoms with E-state index >= 15 is 0 Å². The van der Waals surface area contributed by atoms with Crippen molar-refractivity contribution < 1.29 is 32.4 Å². The van der Waals surface area contributed by atoms with Gasteiger partial charge in [0.25, 0.3) is 11.5 Å². The highest BCUT2D eigenvalue weighted by atomic mass is 19.4. The number of hydrogen-bond donors (Lipinski definition) is 1. The Bertz CT molecular complexity index is 640. The minimum absolute atomic E-state index is 0.0346. The van der Waals surface area contributed by atoms with Gasteiger partial charge in [0.15, 0.2) is 0 Å². The van der Waals surface area contributed by atoms with E-state index in [0.29, 0.717) is 0 Å². The molecule has 0 fully saturated rings. The van der Waals surface area contributed by atoms with Crippen LogP contribution < -0.4 is 5.43 Å². The second-order valence-corrected chi connectivity index (χ2v) is 3.92. The molecule has 1 aromatic rings. The third kappa shape index (κ3) is 5.05. The van der Waals surface area contributed by atoms with Gasteiger partial charge in [-0.15, -0.1) is 0 Å². The van der Waals surface area contributed by atoms with E-state index in [4.69, 9.17) is 0 Å². The molecule has 23 heavy (non-hydrogen) atoms. The van der Waals surface area contributed by atoms with Crippen LogP contribution in [0.25, 0.3) is 0 Å². The Morgan fingerprint density at radius 1 is 1.30 bits per heavy atom. The Morgan fingerprint density at radius 3 is 2.30 bits per heavy atom. The number of nitro benzene ring substituents is 1. The van der Waals surface area contributed by atoms with Crippen LogP contribution in [0.1, 0.15) is 6.92 Å². The Labute approximate surface area is 127 Å². The summed E-state index contributed by atoms with van der Waals surface area (Å²) in [5.74, 6) is -4.01. The molecule has 0 aliphatic carbocycles. The van der Waals surface area contributed by atoms with Crippen molar-refractivity contribution in [2.24, 2.45) is 5.10 Å². The maximum absolute atomic E-state index is 12.4. The summed E-state index contributed by atoms with van der Waals surface area (Å²) in [5.41, 5.74) is 0.354. The van der Waals surface area contributed by atoms with Crippen LogP contribution in [-0.2, 0) is 14.3 Å². The zero-order chi connectivity index (χ0) is 17.6. The molecular weight excluding hydrogens is 323 g/mol. The van der Waals surface area contributed by atoms with Crippen LogP contribution in [0.2, 0.25) is 0 Å². The Morgan fingerprint density at radius 2 is 1.87 bits per heavy atom. The number of non-ortho nitro benzene ring substituents is 1. The number of rotatable bonds is 6. The molecule has 124 valence electrons. The fraction of sp³-hybridized carbons (Fsp3) is 0.250. The number of alkyl halides is 3. The molecule has 0 atom stereocenters. The van der Waals surface area contributed by atoms with E-state index in [9.17, 15) is 32.9 Å². The quantitative estimate of drug-likeness (QED) is 0.280. The van der Waals surface area contributed by atoms with E-state index < -0.39 is 28.6 Å². The number of halogens is 3. The zero-order valence-corrected chi connectivity index (χ0v) is 11.6. The van der Waals surface area contributed by atoms with Crippen LogP contribution in [0.3, 0.4) is 0 Å². The highest BCUT2D eigenvalue weighted by molar-refractivity contribution is 6.65. The predicted octanol–water partition coefficient (Wildman–Crippen LogP) is 2.06. The lowest BCUT2D eigenvalue weighted by atomic mass is 10.2. The first kappa shape index (κ1) is 18.1. The minimum atomic E-state index is -5.30. The number of nitrogens with zero attached hydrogens (tertiary/aromatic N) is 2. The molecule has 0 radical (unpaired) electrons. The molecule has 11 heteroatoms. The third-order valence-electron chi connectivity index (χ3n) is 2.32. The number of ketones is 1. The fourth-order valence-corrected chi connectivity index (χ4v) is 1.30. The van der Waals surface area contributed by atoms with Crippen LogP contribution in [0.4, 0.5) is 24.5 Å². The average Bonchev–Trinajstić information content (AvgIpc) is 2.47. The highest BCUT2D eigenvalue weighted by Gasteiger charge is 2.45. The number of nitro groups is 1. The summed E-state index contributed by atoms with van der Waals surface area (Å²) in [6.07, 6.45) is -5.30. The monoisotopic (exact) mass is 333 g/mol. The van der Waals surface area contributed by atoms with Gasteiger partial charge in [0, 0.05) is 12.1 Å². The van der Waals surface area contributed by atoms with Crippen LogP contribution in [0, 0.1) is 10.1 Å². The third-order valence-corrected chi connectivity index (χ3v) is 2.32. The highest BCUT2D eigenvalue weighted by Crippen LogP contribution is 2.18. The number of carbonyl (C=O) groups is 2. The Hall–Kier alpha value is -2.98. The molecule has 0 saturated heterocycles. The fourth-order valence-electron chi connectivity index (χ4n) is 1.30. The van der Waals surface area contributed by atoms with Crippen LogP contribution >= 0.6 is 0 Å². The summed E-state index contributed by atoms with van der Waals surface area (Å²) >= 11 is 0. The van der Waals surface area contributed by atoms with E-state index in [1.165, 1.54) is 6.92 Å². The lowest BCUT2D eigenvalue weighted by molar-refractivity contribution is -0.384. The number of nitrogens with one attached hydrogen (secondary N) is 1. The molecule has 0 aromatic heterocycles. The molecule has 0 bridgehead atoms. The molecule has 0 heterocycles. The van der Waals surface area contributed by atoms with Crippen LogP contribution in [0.5, 0.6) is 0 Å². The van der Waals surface area contributed by atoms with Gasteiger partial charge in [-0.1, -0.05) is 0 Å². The second kappa shape index (κ2) is 7.33. The first-order valence-electron chi connectivity index (χ1n) is 6.03. The molecule has 0 aliphatic heterocycles. The number of hydrazone groups is 1. The number of esters is 1. The van der Waals surface area contributed by atoms with E-state index in [2.05, 4.69) is 9.84 Å². The van der Waals surface area contributed by atoms with Gasteiger partial charge < -0.3 is 4.74 Å². The lowest BCUT2D eigenvalue weighted by Gasteiger charge is -2.08. The van der Waals surface area contributed by atoms with Gasteiger partial charge >= 0.3 is 12.1 Å². The van der Waals surface area contributed by atoms with Crippen LogP contribution in [-0.4, -0.2) is 35.2 Å². The van der Waals surface area contributed by atoms with Crippen LogP contribution in [0.15, 0.2) is 29.4 Å². The summed E-state index contributed by atoms with van der Waals surface area (Å²) in [6.45, 7) is 1.10. The molecule has 1 N–H and O–H groups in total. The van der Waals surface area contributed by atoms with Gasteiger partial charge in [-0.05, 0) is 19.1 Å². The number of ether oxygens (including phenoxy) is 1. The summed E-state index contributed by atoms with van der Waals surface area (Å²) in [5, 5.41) is 13.6. The summed E-state index contributed by atoms with van der Waals surface area (Å²) in [6, 6.07) is 4.41. The number of carbonyl (C=O) groups excluding carboxylic acids is 2. The van der Waals surface area contributed by atoms with E-state index in [-0.39, 0.29) is 18.0 Å². The number of benzene rings is 1. The smallest absolute Gasteiger partial charge is 0.456 e. The standard InChI is InChI=1S/C12H10F3N3O5/c1-2-23-11(20)9(10(19)12(13,14)15)17-16-7-3-5-8(6-4-7)18(21)22/h3-6,16H,2H2,1H3. The topological polar surface area (TPSA) is 111 Å². The van der Waals surface area contributed by atoms with Crippen molar-refractivity contribution in [3.05, 3.63) is 34.4 Å². The normalized spacial score (nSPS) is 11.7. The van der Waals surface area contributed by atoms with Crippen molar-refractivity contribution in [1.29, 1.82) is 0 Å². The number of Topliss-reactive ketones (excluding diaryl/α,β-unsaturated/α-hetero) is 1.